The molecule has 6 heteroatoms. The molecule has 0 bridgehead atoms. The molecule has 2 amide bonds. The van der Waals surface area contributed by atoms with E-state index in [4.69, 9.17) is 5.73 Å². The summed E-state index contributed by atoms with van der Waals surface area (Å²) in [5.41, 5.74) is 7.28. The lowest BCUT2D eigenvalue weighted by Gasteiger charge is -2.14. The molecule has 0 atom stereocenters. The lowest BCUT2D eigenvalue weighted by molar-refractivity contribution is 0.199. The van der Waals surface area contributed by atoms with Gasteiger partial charge in [0.05, 0.1) is 18.8 Å². The van der Waals surface area contributed by atoms with Crippen molar-refractivity contribution >= 4 is 12.0 Å². The minimum absolute atomic E-state index is 0.0749. The van der Waals surface area contributed by atoms with Gasteiger partial charge in [0.1, 0.15) is 0 Å². The van der Waals surface area contributed by atoms with Crippen LogP contribution in [-0.4, -0.2) is 27.4 Å². The van der Waals surface area contributed by atoms with Gasteiger partial charge in [-0.25, -0.2) is 14.8 Å². The predicted octanol–water partition coefficient (Wildman–Crippen LogP) is 0.104. The summed E-state index contributed by atoms with van der Waals surface area (Å²) in [5, 5.41) is 2.74. The van der Waals surface area contributed by atoms with Gasteiger partial charge in [0.2, 0.25) is 5.95 Å². The molecular weight excluding hydrogens is 194 g/mol. The van der Waals surface area contributed by atoms with Crippen LogP contribution in [0.3, 0.4) is 0 Å². The second-order valence-corrected chi connectivity index (χ2v) is 3.39. The number of fused-ring (bicyclic) bond motifs is 1. The second kappa shape index (κ2) is 3.72. The van der Waals surface area contributed by atoms with Crippen molar-refractivity contribution in [1.82, 2.24) is 20.2 Å². The molecule has 1 aromatic heterocycles. The third-order valence-corrected chi connectivity index (χ3v) is 2.29. The highest BCUT2D eigenvalue weighted by atomic mass is 16.2. The number of aromatic nitrogens is 2. The zero-order valence-electron chi connectivity index (χ0n) is 8.53. The summed E-state index contributed by atoms with van der Waals surface area (Å²) < 4.78 is 0. The number of urea groups is 1. The molecule has 0 spiro atoms. The molecule has 0 fully saturated rings. The van der Waals surface area contributed by atoms with Crippen molar-refractivity contribution in [2.75, 3.05) is 12.3 Å². The van der Waals surface area contributed by atoms with Gasteiger partial charge < -0.3 is 16.0 Å². The largest absolute Gasteiger partial charge is 0.368 e. The van der Waals surface area contributed by atoms with Crippen LogP contribution >= 0.6 is 0 Å². The summed E-state index contributed by atoms with van der Waals surface area (Å²) >= 11 is 0. The molecule has 1 aliphatic rings. The summed E-state index contributed by atoms with van der Waals surface area (Å²) in [6.07, 6.45) is 1.68. The number of rotatable bonds is 1. The van der Waals surface area contributed by atoms with Crippen LogP contribution in [0, 0.1) is 0 Å². The summed E-state index contributed by atoms with van der Waals surface area (Å²) in [4.78, 5) is 21.2. The Balaban J connectivity index is 2.12. The summed E-state index contributed by atoms with van der Waals surface area (Å²) in [7, 11) is 0. The third kappa shape index (κ3) is 1.83. The Bertz CT molecular complexity index is 392. The maximum Gasteiger partial charge on any atom is 0.318 e. The Labute approximate surface area is 87.5 Å². The van der Waals surface area contributed by atoms with Gasteiger partial charge in [-0.2, -0.15) is 0 Å². The molecule has 1 aliphatic heterocycles. The highest BCUT2D eigenvalue weighted by molar-refractivity contribution is 5.74. The minimum Gasteiger partial charge on any atom is -0.368 e. The molecule has 2 heterocycles. The lowest BCUT2D eigenvalue weighted by atomic mass is 10.3. The first kappa shape index (κ1) is 9.70. The van der Waals surface area contributed by atoms with Crippen molar-refractivity contribution in [2.45, 2.75) is 20.0 Å². The Morgan fingerprint density at radius 1 is 1.67 bits per heavy atom. The zero-order chi connectivity index (χ0) is 10.8. The molecule has 6 nitrogen and oxygen atoms in total. The first-order valence-corrected chi connectivity index (χ1v) is 4.83. The van der Waals surface area contributed by atoms with Gasteiger partial charge in [-0.15, -0.1) is 0 Å². The van der Waals surface area contributed by atoms with E-state index in [-0.39, 0.29) is 12.0 Å². The van der Waals surface area contributed by atoms with Gasteiger partial charge in [0.15, 0.2) is 0 Å². The third-order valence-electron chi connectivity index (χ3n) is 2.29. The molecule has 0 saturated carbocycles. The van der Waals surface area contributed by atoms with Gasteiger partial charge in [0, 0.05) is 18.3 Å². The number of nitrogens with zero attached hydrogens (tertiary/aromatic N) is 3. The zero-order valence-corrected chi connectivity index (χ0v) is 8.53. The maximum atomic E-state index is 11.5. The molecule has 0 aromatic carbocycles. The van der Waals surface area contributed by atoms with Gasteiger partial charge >= 0.3 is 6.03 Å². The van der Waals surface area contributed by atoms with E-state index >= 15 is 0 Å². The number of nitrogens with one attached hydrogen (secondary N) is 1. The highest BCUT2D eigenvalue weighted by Gasteiger charge is 2.24. The maximum absolute atomic E-state index is 11.5. The van der Waals surface area contributed by atoms with Crippen molar-refractivity contribution in [3.8, 4) is 0 Å². The van der Waals surface area contributed by atoms with E-state index in [2.05, 4.69) is 15.3 Å². The van der Waals surface area contributed by atoms with Crippen LogP contribution in [0.4, 0.5) is 10.7 Å². The van der Waals surface area contributed by atoms with E-state index in [9.17, 15) is 4.79 Å². The normalized spacial score (nSPS) is 13.8. The minimum atomic E-state index is -0.0749. The van der Waals surface area contributed by atoms with Crippen LogP contribution in [0.1, 0.15) is 18.2 Å². The monoisotopic (exact) mass is 207 g/mol. The number of carbonyl (C=O) groups excluding carboxylic acids is 1. The average molecular weight is 207 g/mol. The van der Waals surface area contributed by atoms with Gasteiger partial charge in [-0.1, -0.05) is 0 Å². The number of hydrogen-bond donors (Lipinski definition) is 2. The lowest BCUT2D eigenvalue weighted by Crippen LogP contribution is -2.36. The number of nitrogen functional groups attached to an aromatic ring is 1. The van der Waals surface area contributed by atoms with Crippen LogP contribution in [0.2, 0.25) is 0 Å². The Kier molecular flexibility index (Phi) is 2.40. The van der Waals surface area contributed by atoms with E-state index in [1.165, 1.54) is 0 Å². The number of nitrogens with two attached hydrogens (primary N) is 1. The average Bonchev–Trinajstić information content (AvgIpc) is 2.60. The van der Waals surface area contributed by atoms with Gasteiger partial charge in [0.25, 0.3) is 0 Å². The van der Waals surface area contributed by atoms with Crippen LogP contribution < -0.4 is 11.1 Å². The van der Waals surface area contributed by atoms with Crippen molar-refractivity contribution in [1.29, 1.82) is 0 Å². The van der Waals surface area contributed by atoms with Crippen molar-refractivity contribution < 1.29 is 4.79 Å². The first-order chi connectivity index (χ1) is 7.20. The fourth-order valence-electron chi connectivity index (χ4n) is 1.58. The quantitative estimate of drug-likeness (QED) is 0.684. The molecular formula is C9H13N5O. The molecule has 3 N–H and O–H groups in total. The molecule has 0 saturated heterocycles. The van der Waals surface area contributed by atoms with Crippen LogP contribution in [0.15, 0.2) is 6.20 Å². The number of anilines is 1. The van der Waals surface area contributed by atoms with E-state index < -0.39 is 0 Å². The van der Waals surface area contributed by atoms with Crippen LogP contribution in [0.5, 0.6) is 0 Å². The summed E-state index contributed by atoms with van der Waals surface area (Å²) in [6.45, 7) is 3.58. The molecule has 80 valence electrons. The van der Waals surface area contributed by atoms with E-state index in [0.29, 0.717) is 19.6 Å². The Morgan fingerprint density at radius 2 is 2.47 bits per heavy atom. The van der Waals surface area contributed by atoms with Gasteiger partial charge in [-0.05, 0) is 6.92 Å². The predicted molar refractivity (Wildman–Crippen MR) is 54.8 cm³/mol. The number of hydrogen-bond acceptors (Lipinski definition) is 4. The fourth-order valence-corrected chi connectivity index (χ4v) is 1.58. The topological polar surface area (TPSA) is 84.1 Å². The first-order valence-electron chi connectivity index (χ1n) is 4.83. The number of amides is 2. The van der Waals surface area contributed by atoms with E-state index in [1.54, 1.807) is 11.1 Å². The van der Waals surface area contributed by atoms with Crippen LogP contribution in [0.25, 0.3) is 0 Å². The SMILES string of the molecule is CCNC(=O)N1Cc2cnc(N)nc2C1. The smallest absolute Gasteiger partial charge is 0.318 e. The van der Waals surface area contributed by atoms with E-state index in [0.717, 1.165) is 11.3 Å². The molecule has 0 unspecified atom stereocenters. The molecule has 0 aliphatic carbocycles. The highest BCUT2D eigenvalue weighted by Crippen LogP contribution is 2.20. The molecule has 0 radical (unpaired) electrons. The fraction of sp³-hybridized carbons (Fsp3) is 0.444. The molecule has 15 heavy (non-hydrogen) atoms. The van der Waals surface area contributed by atoms with Crippen molar-refractivity contribution in [3.05, 3.63) is 17.5 Å². The van der Waals surface area contributed by atoms with Crippen LogP contribution in [-0.2, 0) is 13.1 Å². The second-order valence-electron chi connectivity index (χ2n) is 3.39. The standard InChI is InChI=1S/C9H13N5O/c1-2-11-9(15)14-4-6-3-12-8(10)13-7(6)5-14/h3H,2,4-5H2,1H3,(H,11,15)(H2,10,12,13). The Hall–Kier alpha value is -1.85. The Morgan fingerprint density at radius 3 is 3.20 bits per heavy atom. The van der Waals surface area contributed by atoms with Gasteiger partial charge in [-0.3, -0.25) is 0 Å². The van der Waals surface area contributed by atoms with E-state index in [1.807, 2.05) is 6.92 Å². The molecule has 1 aromatic rings. The van der Waals surface area contributed by atoms with Crippen molar-refractivity contribution in [2.24, 2.45) is 0 Å². The molecule has 2 rings (SSSR count). The summed E-state index contributed by atoms with van der Waals surface area (Å²) in [5.74, 6) is 0.256. The number of carbonyl (C=O) groups is 1. The summed E-state index contributed by atoms with van der Waals surface area (Å²) in [6, 6.07) is -0.0749. The van der Waals surface area contributed by atoms with Crippen molar-refractivity contribution in [3.63, 3.8) is 0 Å².